The van der Waals surface area contributed by atoms with E-state index in [1.165, 1.54) is 4.90 Å². The third kappa shape index (κ3) is 8.76. The first-order chi connectivity index (χ1) is 19.4. The van der Waals surface area contributed by atoms with E-state index < -0.39 is 62.0 Å². The minimum Gasteiger partial charge on any atom is -0.492 e. The first-order valence-electron chi connectivity index (χ1n) is 13.7. The van der Waals surface area contributed by atoms with E-state index in [0.717, 1.165) is 23.4 Å². The number of aliphatic hydroxyl groups excluding tert-OH is 10. The molecule has 1 aromatic heterocycles. The molecule has 15 nitrogen and oxygen atoms in total. The van der Waals surface area contributed by atoms with Gasteiger partial charge in [0.2, 0.25) is 0 Å². The maximum Gasteiger partial charge on any atom is 0.271 e. The van der Waals surface area contributed by atoms with Crippen LogP contribution in [0.1, 0.15) is 19.7 Å². The van der Waals surface area contributed by atoms with Crippen LogP contribution in [0.25, 0.3) is 11.0 Å². The molecule has 0 aliphatic heterocycles. The van der Waals surface area contributed by atoms with Gasteiger partial charge in [0.15, 0.2) is 11.0 Å². The highest BCUT2D eigenvalue weighted by Gasteiger charge is 2.34. The molecule has 0 spiro atoms. The van der Waals surface area contributed by atoms with Crippen molar-refractivity contribution in [2.45, 2.75) is 82.3 Å². The van der Waals surface area contributed by atoms with Crippen molar-refractivity contribution in [2.75, 3.05) is 39.5 Å². The topological polar surface area (TPSA) is 250 Å². The van der Waals surface area contributed by atoms with E-state index in [-0.39, 0.29) is 26.2 Å². The smallest absolute Gasteiger partial charge is 0.271 e. The number of fused-ring (bicyclic) bond motifs is 1. The van der Waals surface area contributed by atoms with Gasteiger partial charge in [-0.1, -0.05) is 0 Å². The molecule has 2 aromatic rings. The van der Waals surface area contributed by atoms with E-state index >= 15 is 0 Å². The summed E-state index contributed by atoms with van der Waals surface area (Å²) in [4.78, 5) is 1.38. The van der Waals surface area contributed by atoms with Gasteiger partial charge in [0.1, 0.15) is 49.0 Å². The number of aliphatic hydroxyl groups is 10. The molecule has 0 unspecified atom stereocenters. The van der Waals surface area contributed by atoms with E-state index in [0.29, 0.717) is 18.8 Å². The average molecular weight is 592 g/mol. The Kier molecular flexibility index (Phi) is 14.3. The summed E-state index contributed by atoms with van der Waals surface area (Å²) >= 11 is 0. The predicted octanol–water partition coefficient (Wildman–Crippen LogP) is -5.02. The van der Waals surface area contributed by atoms with Gasteiger partial charge in [0.25, 0.3) is 5.82 Å². The highest BCUT2D eigenvalue weighted by atomic mass is 16.5. The molecule has 0 aliphatic rings. The molecule has 0 saturated carbocycles. The molecule has 0 aliphatic carbocycles. The second-order valence-electron chi connectivity index (χ2n) is 9.96. The molecule has 0 saturated heterocycles. The first-order valence-corrected chi connectivity index (χ1v) is 13.7. The van der Waals surface area contributed by atoms with E-state index in [9.17, 15) is 40.9 Å². The van der Waals surface area contributed by atoms with Crippen LogP contribution in [0.5, 0.6) is 5.75 Å². The lowest BCUT2D eigenvalue weighted by molar-refractivity contribution is -0.676. The van der Waals surface area contributed by atoms with Gasteiger partial charge in [-0.2, -0.15) is 0 Å². The van der Waals surface area contributed by atoms with Crippen molar-refractivity contribution in [1.82, 2.24) is 9.47 Å². The number of aryl methyl sites for hydroxylation is 2. The quantitative estimate of drug-likeness (QED) is 0.0686. The Morgan fingerprint density at radius 3 is 1.78 bits per heavy atom. The molecule has 8 atom stereocenters. The fourth-order valence-corrected chi connectivity index (χ4v) is 4.81. The molecule has 0 radical (unpaired) electrons. The second-order valence-corrected chi connectivity index (χ2v) is 9.96. The number of benzene rings is 1. The molecule has 2 rings (SSSR count). The van der Waals surface area contributed by atoms with Gasteiger partial charge in [-0.05, 0) is 26.0 Å². The Labute approximate surface area is 238 Å². The van der Waals surface area contributed by atoms with Crippen LogP contribution < -0.4 is 15.0 Å². The van der Waals surface area contributed by atoms with E-state index in [1.807, 2.05) is 26.0 Å². The summed E-state index contributed by atoms with van der Waals surface area (Å²) in [7, 11) is 0. The van der Waals surface area contributed by atoms with Crippen molar-refractivity contribution in [2.24, 2.45) is 5.73 Å². The number of nitrogens with zero attached hydrogens (tertiary/aromatic N) is 3. The van der Waals surface area contributed by atoms with Crippen molar-refractivity contribution in [3.05, 3.63) is 24.0 Å². The van der Waals surface area contributed by atoms with Crippen molar-refractivity contribution in [1.29, 1.82) is 0 Å². The standard InChI is InChI=1S/C26H47N4O11/c1-3-29-16-6-5-15(9-17(16)30(4-2)22(29)10-27)41-8-7-28(11-18(33)23(37)25(39)20(35)13-31)12-19(34)24(38)26(40)21(36)14-32/h5-6,9,18-21,23-26,31-40H,3-4,7-8,10-14,27H2,1-2H3/q+1/t18-,19-,20+,21+,23+,24+,25+,26+/m0/s1. The molecule has 0 fully saturated rings. The third-order valence-electron chi connectivity index (χ3n) is 7.18. The monoisotopic (exact) mass is 591 g/mol. The summed E-state index contributed by atoms with van der Waals surface area (Å²) in [6, 6.07) is 5.57. The number of hydrogen-bond acceptors (Lipinski definition) is 13. The SMILES string of the molecule is CCn1c(CN)[n+](CC)c2ccc(OCCN(C[C@H](O)[C@@H](O)[C@H](O)[C@H](O)CO)C[C@H](O)[C@@H](O)[C@H](O)[C@H](O)CO)cc21. The van der Waals surface area contributed by atoms with Crippen LogP contribution in [0.2, 0.25) is 0 Å². The lowest BCUT2D eigenvalue weighted by Crippen LogP contribution is -2.53. The molecule has 0 bridgehead atoms. The number of ether oxygens (including phenoxy) is 1. The molecular weight excluding hydrogens is 544 g/mol. The Hall–Kier alpha value is -1.99. The Morgan fingerprint density at radius 2 is 1.34 bits per heavy atom. The molecular formula is C26H47N4O11+. The fourth-order valence-electron chi connectivity index (χ4n) is 4.81. The number of aromatic nitrogens is 2. The van der Waals surface area contributed by atoms with Crippen LogP contribution in [0.3, 0.4) is 0 Å². The van der Waals surface area contributed by atoms with Gasteiger partial charge in [0, 0.05) is 25.7 Å². The normalized spacial score (nSPS) is 18.2. The number of imidazole rings is 1. The Morgan fingerprint density at radius 1 is 0.829 bits per heavy atom. The Bertz CT molecular complexity index is 1030. The van der Waals surface area contributed by atoms with Crippen LogP contribution in [0.15, 0.2) is 18.2 Å². The van der Waals surface area contributed by atoms with Crippen LogP contribution >= 0.6 is 0 Å². The molecule has 15 heteroatoms. The van der Waals surface area contributed by atoms with Crippen molar-refractivity contribution >= 4 is 11.0 Å². The van der Waals surface area contributed by atoms with Crippen molar-refractivity contribution in [3.63, 3.8) is 0 Å². The molecule has 236 valence electrons. The summed E-state index contributed by atoms with van der Waals surface area (Å²) in [6.07, 6.45) is -14.2. The molecule has 1 aromatic carbocycles. The number of nitrogens with two attached hydrogens (primary N) is 1. The van der Waals surface area contributed by atoms with Gasteiger partial charge in [-0.25, -0.2) is 9.13 Å². The van der Waals surface area contributed by atoms with Gasteiger partial charge in [0.05, 0.1) is 45.1 Å². The second kappa shape index (κ2) is 16.6. The lowest BCUT2D eigenvalue weighted by atomic mass is 10.0. The van der Waals surface area contributed by atoms with Crippen molar-refractivity contribution < 1.29 is 60.4 Å². The van der Waals surface area contributed by atoms with Gasteiger partial charge in [-0.15, -0.1) is 0 Å². The Balaban J connectivity index is 2.19. The van der Waals surface area contributed by atoms with Crippen LogP contribution in [-0.2, 0) is 19.6 Å². The van der Waals surface area contributed by atoms with Gasteiger partial charge in [-0.3, -0.25) is 4.90 Å². The van der Waals surface area contributed by atoms with Crippen LogP contribution in [0.4, 0.5) is 0 Å². The van der Waals surface area contributed by atoms with Crippen molar-refractivity contribution in [3.8, 4) is 5.75 Å². The summed E-state index contributed by atoms with van der Waals surface area (Å²) in [5, 5.41) is 98.6. The predicted molar refractivity (Wildman–Crippen MR) is 146 cm³/mol. The fraction of sp³-hybridized carbons (Fsp3) is 0.731. The van der Waals surface area contributed by atoms with Gasteiger partial charge >= 0.3 is 0 Å². The maximum absolute atomic E-state index is 10.5. The lowest BCUT2D eigenvalue weighted by Gasteiger charge is -2.33. The molecule has 12 N–H and O–H groups in total. The van der Waals surface area contributed by atoms with E-state index in [4.69, 9.17) is 20.7 Å². The van der Waals surface area contributed by atoms with Crippen LogP contribution in [-0.4, -0.2) is 149 Å². The highest BCUT2D eigenvalue weighted by Crippen LogP contribution is 2.22. The van der Waals surface area contributed by atoms with Crippen LogP contribution in [0, 0.1) is 0 Å². The summed E-state index contributed by atoms with van der Waals surface area (Å²) in [6.45, 7) is 3.42. The summed E-state index contributed by atoms with van der Waals surface area (Å²) in [5.74, 6) is 1.50. The molecule has 41 heavy (non-hydrogen) atoms. The van der Waals surface area contributed by atoms with E-state index in [1.54, 1.807) is 6.07 Å². The first kappa shape index (κ1) is 35.2. The zero-order valence-electron chi connectivity index (χ0n) is 23.5. The number of rotatable bonds is 19. The minimum atomic E-state index is -1.87. The maximum atomic E-state index is 10.5. The average Bonchev–Trinajstić information content (AvgIpc) is 3.30. The minimum absolute atomic E-state index is 0.0190. The summed E-state index contributed by atoms with van der Waals surface area (Å²) in [5.41, 5.74) is 7.90. The third-order valence-corrected chi connectivity index (χ3v) is 7.18. The largest absolute Gasteiger partial charge is 0.492 e. The zero-order chi connectivity index (χ0) is 30.9. The molecule has 0 amide bonds. The molecule has 1 heterocycles. The zero-order valence-corrected chi connectivity index (χ0v) is 23.5. The summed E-state index contributed by atoms with van der Waals surface area (Å²) < 4.78 is 10.1. The van der Waals surface area contributed by atoms with Gasteiger partial charge < -0.3 is 61.5 Å². The van der Waals surface area contributed by atoms with E-state index in [2.05, 4.69) is 9.13 Å². The number of hydrogen-bond donors (Lipinski definition) is 11. The highest BCUT2D eigenvalue weighted by molar-refractivity contribution is 5.74.